The lowest BCUT2D eigenvalue weighted by Crippen LogP contribution is -2.43. The molecule has 11 heteroatoms. The molecule has 3 aromatic heterocycles. The molecule has 1 aliphatic rings. The summed E-state index contributed by atoms with van der Waals surface area (Å²) in [6.07, 6.45) is 2.09. The molecule has 0 radical (unpaired) electrons. The summed E-state index contributed by atoms with van der Waals surface area (Å²) in [5.41, 5.74) is 9.53. The lowest BCUT2D eigenvalue weighted by Gasteiger charge is -2.34. The molecule has 11 nitrogen and oxygen atoms in total. The molecule has 4 heterocycles. The number of likely N-dealkylation sites (tertiary alicyclic amines) is 1. The van der Waals surface area contributed by atoms with Gasteiger partial charge in [0, 0.05) is 19.5 Å². The number of nitrogens with zero attached hydrogens (tertiary/aromatic N) is 7. The van der Waals surface area contributed by atoms with E-state index in [9.17, 15) is 15.0 Å². The summed E-state index contributed by atoms with van der Waals surface area (Å²) < 4.78 is 3.62. The minimum Gasteiger partial charge on any atom is -0.391 e. The third-order valence-corrected chi connectivity index (χ3v) is 7.11. The molecule has 1 aliphatic heterocycles. The zero-order valence-electron chi connectivity index (χ0n) is 20.3. The molecular formula is C24H30N8O3. The van der Waals surface area contributed by atoms with Gasteiger partial charge in [-0.15, -0.1) is 0 Å². The van der Waals surface area contributed by atoms with Gasteiger partial charge in [0.2, 0.25) is 5.91 Å². The Hall–Kier alpha value is -3.57. The highest BCUT2D eigenvalue weighted by molar-refractivity contribution is 5.83. The van der Waals surface area contributed by atoms with E-state index in [-0.39, 0.29) is 37.8 Å². The molecule has 0 spiro atoms. The van der Waals surface area contributed by atoms with Crippen LogP contribution in [-0.4, -0.2) is 74.9 Å². The van der Waals surface area contributed by atoms with Crippen LogP contribution < -0.4 is 5.73 Å². The quantitative estimate of drug-likeness (QED) is 0.399. The SMILES string of the molecule is Cc1cc2nc(C)n(CC(=O)N3C[C@@H](O)C[C@@](C)(O)[C@H](n4cnc5c(N)ncnc54)C3)c2cc1C. The van der Waals surface area contributed by atoms with Crippen molar-refractivity contribution in [2.75, 3.05) is 18.8 Å². The van der Waals surface area contributed by atoms with Gasteiger partial charge in [-0.1, -0.05) is 0 Å². The first kappa shape index (κ1) is 23.2. The van der Waals surface area contributed by atoms with Gasteiger partial charge in [-0.2, -0.15) is 0 Å². The summed E-state index contributed by atoms with van der Waals surface area (Å²) in [6, 6.07) is 3.47. The molecule has 5 rings (SSSR count). The molecule has 4 N–H and O–H groups in total. The van der Waals surface area contributed by atoms with Crippen molar-refractivity contribution in [2.24, 2.45) is 0 Å². The number of benzene rings is 1. The van der Waals surface area contributed by atoms with Crippen molar-refractivity contribution in [3.05, 3.63) is 41.7 Å². The van der Waals surface area contributed by atoms with Crippen molar-refractivity contribution in [1.82, 2.24) is 34.0 Å². The Morgan fingerprint density at radius 2 is 1.91 bits per heavy atom. The van der Waals surface area contributed by atoms with Crippen LogP contribution in [0.25, 0.3) is 22.2 Å². The van der Waals surface area contributed by atoms with Crippen LogP contribution in [-0.2, 0) is 11.3 Å². The maximum atomic E-state index is 13.6. The lowest BCUT2D eigenvalue weighted by molar-refractivity contribution is -0.133. The van der Waals surface area contributed by atoms with Crippen molar-refractivity contribution < 1.29 is 15.0 Å². The second-order valence-electron chi connectivity index (χ2n) is 9.78. The number of aliphatic hydroxyl groups excluding tert-OH is 1. The van der Waals surface area contributed by atoms with E-state index in [4.69, 9.17) is 5.73 Å². The summed E-state index contributed by atoms with van der Waals surface area (Å²) >= 11 is 0. The van der Waals surface area contributed by atoms with Gasteiger partial charge in [-0.25, -0.2) is 19.9 Å². The fourth-order valence-corrected chi connectivity index (χ4v) is 5.04. The Morgan fingerprint density at radius 3 is 2.69 bits per heavy atom. The van der Waals surface area contributed by atoms with E-state index < -0.39 is 17.7 Å². The van der Waals surface area contributed by atoms with E-state index in [1.54, 1.807) is 22.7 Å². The van der Waals surface area contributed by atoms with Gasteiger partial charge in [0.05, 0.1) is 35.1 Å². The number of nitrogens with two attached hydrogens (primary N) is 1. The van der Waals surface area contributed by atoms with E-state index >= 15 is 0 Å². The van der Waals surface area contributed by atoms with Crippen molar-refractivity contribution in [2.45, 2.75) is 58.4 Å². The van der Waals surface area contributed by atoms with E-state index in [2.05, 4.69) is 19.9 Å². The first-order valence-corrected chi connectivity index (χ1v) is 11.6. The molecular weight excluding hydrogens is 448 g/mol. The smallest absolute Gasteiger partial charge is 0.242 e. The predicted octanol–water partition coefficient (Wildman–Crippen LogP) is 1.27. The molecule has 35 heavy (non-hydrogen) atoms. The molecule has 3 atom stereocenters. The molecule has 184 valence electrons. The minimum absolute atomic E-state index is 0.0756. The summed E-state index contributed by atoms with van der Waals surface area (Å²) in [4.78, 5) is 32.4. The first-order valence-electron chi connectivity index (χ1n) is 11.6. The molecule has 4 aromatic rings. The second kappa shape index (κ2) is 8.28. The van der Waals surface area contributed by atoms with Crippen LogP contribution in [0.4, 0.5) is 5.82 Å². The topological polar surface area (TPSA) is 148 Å². The number of carbonyl (C=O) groups excluding carboxylic acids is 1. The van der Waals surface area contributed by atoms with Crippen LogP contribution in [0.15, 0.2) is 24.8 Å². The third kappa shape index (κ3) is 4.00. The molecule has 1 saturated heterocycles. The third-order valence-electron chi connectivity index (χ3n) is 7.11. The number of hydrogen-bond acceptors (Lipinski definition) is 8. The predicted molar refractivity (Wildman–Crippen MR) is 131 cm³/mol. The number of aliphatic hydroxyl groups is 2. The van der Waals surface area contributed by atoms with Crippen LogP contribution >= 0.6 is 0 Å². The Bertz CT molecular complexity index is 1440. The van der Waals surface area contributed by atoms with Gasteiger partial charge in [-0.05, 0) is 51.0 Å². The zero-order valence-corrected chi connectivity index (χ0v) is 20.3. The summed E-state index contributed by atoms with van der Waals surface area (Å²) in [5.74, 6) is 0.805. The Balaban J connectivity index is 1.49. The normalized spacial score (nSPS) is 23.2. The van der Waals surface area contributed by atoms with Crippen molar-refractivity contribution in [3.8, 4) is 0 Å². The maximum absolute atomic E-state index is 13.6. The molecule has 1 amide bonds. The number of fused-ring (bicyclic) bond motifs is 2. The lowest BCUT2D eigenvalue weighted by atomic mass is 9.91. The highest BCUT2D eigenvalue weighted by Crippen LogP contribution is 2.34. The zero-order chi connectivity index (χ0) is 25.1. The first-order chi connectivity index (χ1) is 16.5. The number of imidazole rings is 2. The Labute approximate surface area is 202 Å². The second-order valence-corrected chi connectivity index (χ2v) is 9.78. The van der Waals surface area contributed by atoms with E-state index in [1.807, 2.05) is 37.5 Å². The van der Waals surface area contributed by atoms with Gasteiger partial charge in [0.15, 0.2) is 11.5 Å². The average Bonchev–Trinajstić information content (AvgIpc) is 3.29. The summed E-state index contributed by atoms with van der Waals surface area (Å²) in [7, 11) is 0. The van der Waals surface area contributed by atoms with Crippen molar-refractivity contribution in [1.29, 1.82) is 0 Å². The van der Waals surface area contributed by atoms with Gasteiger partial charge >= 0.3 is 0 Å². The highest BCUT2D eigenvalue weighted by Gasteiger charge is 2.42. The highest BCUT2D eigenvalue weighted by atomic mass is 16.3. The summed E-state index contributed by atoms with van der Waals surface area (Å²) in [5, 5.41) is 22.0. The van der Waals surface area contributed by atoms with Crippen LogP contribution in [0.1, 0.15) is 36.3 Å². The number of aromatic nitrogens is 6. The van der Waals surface area contributed by atoms with Crippen LogP contribution in [0, 0.1) is 20.8 Å². The fourth-order valence-electron chi connectivity index (χ4n) is 5.04. The van der Waals surface area contributed by atoms with Crippen LogP contribution in [0.3, 0.4) is 0 Å². The number of carbonyl (C=O) groups is 1. The largest absolute Gasteiger partial charge is 0.391 e. The molecule has 1 fully saturated rings. The van der Waals surface area contributed by atoms with E-state index in [0.717, 1.165) is 28.0 Å². The minimum atomic E-state index is -1.33. The van der Waals surface area contributed by atoms with E-state index in [1.165, 1.54) is 6.33 Å². The van der Waals surface area contributed by atoms with Crippen LogP contribution in [0.5, 0.6) is 0 Å². The van der Waals surface area contributed by atoms with Gasteiger partial charge in [0.1, 0.15) is 24.2 Å². The number of aryl methyl sites for hydroxylation is 3. The molecule has 0 saturated carbocycles. The average molecular weight is 479 g/mol. The number of anilines is 1. The Morgan fingerprint density at radius 1 is 1.17 bits per heavy atom. The Kier molecular flexibility index (Phi) is 5.48. The fraction of sp³-hybridized carbons (Fsp3) is 0.458. The van der Waals surface area contributed by atoms with Crippen molar-refractivity contribution in [3.63, 3.8) is 0 Å². The van der Waals surface area contributed by atoms with Gasteiger partial charge in [-0.3, -0.25) is 4.79 Å². The maximum Gasteiger partial charge on any atom is 0.242 e. The standard InChI is InChI=1S/C24H30N8O3/c1-13-5-17-18(6-14(13)2)31(15(3)29-17)10-20(34)30-8-16(33)7-24(4,35)19(9-30)32-12-28-21-22(25)26-11-27-23(21)32/h5-6,11-12,16,19,33,35H,7-10H2,1-4H3,(H2,25,26,27)/t16-,19+,24+/m0/s1. The number of β-amino-alcohol motifs (C(OH)–C–C–N with tert-alkyl or cyclic N) is 1. The molecule has 1 aromatic carbocycles. The summed E-state index contributed by atoms with van der Waals surface area (Å²) in [6.45, 7) is 7.96. The molecule has 0 aliphatic carbocycles. The number of hydrogen-bond donors (Lipinski definition) is 3. The molecule has 0 unspecified atom stereocenters. The molecule has 0 bridgehead atoms. The number of amides is 1. The van der Waals surface area contributed by atoms with Gasteiger partial charge in [0.25, 0.3) is 0 Å². The van der Waals surface area contributed by atoms with Gasteiger partial charge < -0.3 is 30.0 Å². The number of nitrogen functional groups attached to an aromatic ring is 1. The monoisotopic (exact) mass is 478 g/mol. The van der Waals surface area contributed by atoms with Crippen molar-refractivity contribution >= 4 is 33.9 Å². The van der Waals surface area contributed by atoms with Crippen LogP contribution in [0.2, 0.25) is 0 Å². The number of rotatable bonds is 3. The van der Waals surface area contributed by atoms with E-state index in [0.29, 0.717) is 11.2 Å².